The Morgan fingerprint density at radius 1 is 1.43 bits per heavy atom. The van der Waals surface area contributed by atoms with Gasteiger partial charge in [0.15, 0.2) is 10.6 Å². The van der Waals surface area contributed by atoms with Crippen LogP contribution in [0.4, 0.5) is 11.4 Å². The summed E-state index contributed by atoms with van der Waals surface area (Å²) in [5.74, 6) is 0. The van der Waals surface area contributed by atoms with Gasteiger partial charge in [0, 0.05) is 11.8 Å². The van der Waals surface area contributed by atoms with Gasteiger partial charge in [-0.3, -0.25) is 4.55 Å². The molecule has 1 atom stereocenters. The highest BCUT2D eigenvalue weighted by atomic mass is 32.2. The first-order valence-corrected chi connectivity index (χ1v) is 4.86. The maximum absolute atomic E-state index is 10.7. The lowest BCUT2D eigenvalue weighted by molar-refractivity contribution is -0.992. The molecule has 0 saturated heterocycles. The van der Waals surface area contributed by atoms with Crippen molar-refractivity contribution in [2.75, 3.05) is 5.73 Å². The minimum Gasteiger partial charge on any atom is -0.595 e. The zero-order valence-electron chi connectivity index (χ0n) is 6.84. The van der Waals surface area contributed by atoms with Gasteiger partial charge in [0.25, 0.3) is 0 Å². The van der Waals surface area contributed by atoms with Crippen LogP contribution in [0, 0.1) is 5.21 Å². The molecule has 1 unspecified atom stereocenters. The molecular weight excluding hydrogens is 212 g/mol. The Morgan fingerprint density at radius 2 is 2.00 bits per heavy atom. The number of nitrogens with one attached hydrogen (secondary N) is 1. The van der Waals surface area contributed by atoms with Gasteiger partial charge < -0.3 is 10.9 Å². The van der Waals surface area contributed by atoms with Gasteiger partial charge in [-0.1, -0.05) is 0 Å². The van der Waals surface area contributed by atoms with Gasteiger partial charge in [-0.15, -0.1) is 0 Å². The molecule has 1 aromatic carbocycles. The first-order valence-electron chi connectivity index (χ1n) is 3.42. The maximum Gasteiger partial charge on any atom is 0.300 e. The van der Waals surface area contributed by atoms with Gasteiger partial charge >= 0.3 is 10.1 Å². The molecule has 0 heterocycles. The average Bonchev–Trinajstić information content (AvgIpc) is 2.01. The molecule has 0 aliphatic heterocycles. The summed E-state index contributed by atoms with van der Waals surface area (Å²) in [6.07, 6.45) is 0. The fraction of sp³-hybridized carbons (Fsp3) is 0. The molecule has 0 amide bonds. The lowest BCUT2D eigenvalue weighted by Gasteiger charge is -2.14. The van der Waals surface area contributed by atoms with E-state index in [1.54, 1.807) is 0 Å². The van der Waals surface area contributed by atoms with Crippen LogP contribution in [0.25, 0.3) is 0 Å². The van der Waals surface area contributed by atoms with Crippen LogP contribution in [0.2, 0.25) is 0 Å². The molecule has 5 N–H and O–H groups in total. The van der Waals surface area contributed by atoms with Crippen LogP contribution in [-0.4, -0.2) is 18.2 Å². The highest BCUT2D eigenvalue weighted by Crippen LogP contribution is 2.20. The molecule has 78 valence electrons. The third kappa shape index (κ3) is 2.19. The second-order valence-corrected chi connectivity index (χ2v) is 3.93. The van der Waals surface area contributed by atoms with E-state index in [2.05, 4.69) is 0 Å². The van der Waals surface area contributed by atoms with Crippen molar-refractivity contribution in [2.24, 2.45) is 0 Å². The van der Waals surface area contributed by atoms with E-state index in [9.17, 15) is 13.6 Å². The number of hydrogen-bond donors (Lipinski definition) is 4. The lowest BCUT2D eigenvalue weighted by Crippen LogP contribution is -2.99. The Kier molecular flexibility index (Phi) is 2.73. The summed E-state index contributed by atoms with van der Waals surface area (Å²) in [5.41, 5.74) is 4.80. The molecule has 0 radical (unpaired) electrons. The zero-order valence-corrected chi connectivity index (χ0v) is 7.65. The Hall–Kier alpha value is -1.19. The number of nitrogens with two attached hydrogens (primary N) is 1. The Morgan fingerprint density at radius 3 is 2.43 bits per heavy atom. The van der Waals surface area contributed by atoms with Crippen molar-refractivity contribution in [3.63, 3.8) is 0 Å². The van der Waals surface area contributed by atoms with Crippen LogP contribution >= 0.6 is 0 Å². The smallest absolute Gasteiger partial charge is 0.300 e. The second-order valence-electron chi connectivity index (χ2n) is 2.54. The average molecular weight is 220 g/mol. The molecule has 0 fully saturated rings. The van der Waals surface area contributed by atoms with E-state index < -0.39 is 25.9 Å². The van der Waals surface area contributed by atoms with Crippen molar-refractivity contribution in [2.45, 2.75) is 4.90 Å². The van der Waals surface area contributed by atoms with Gasteiger partial charge in [0.1, 0.15) is 0 Å². The number of quaternary nitrogens is 1. The SMILES string of the molecule is Nc1ccc([NH+]([O-])O)c(S(=O)(=O)O)c1. The van der Waals surface area contributed by atoms with Crippen molar-refractivity contribution in [1.29, 1.82) is 0 Å². The number of hydrogen-bond acceptors (Lipinski definition) is 5. The number of anilines is 1. The summed E-state index contributed by atoms with van der Waals surface area (Å²) in [5, 5.41) is 17.7. The van der Waals surface area contributed by atoms with E-state index in [0.717, 1.165) is 12.1 Å². The highest BCUT2D eigenvalue weighted by Gasteiger charge is 2.20. The monoisotopic (exact) mass is 220 g/mol. The Bertz CT molecular complexity index is 442. The maximum atomic E-state index is 10.7. The van der Waals surface area contributed by atoms with Crippen LogP contribution < -0.4 is 11.0 Å². The van der Waals surface area contributed by atoms with Crippen molar-refractivity contribution in [3.05, 3.63) is 23.4 Å². The predicted octanol–water partition coefficient (Wildman–Crippen LogP) is -1.08. The van der Waals surface area contributed by atoms with Crippen LogP contribution in [0.15, 0.2) is 23.1 Å². The number of benzene rings is 1. The van der Waals surface area contributed by atoms with E-state index in [-0.39, 0.29) is 5.69 Å². The third-order valence-electron chi connectivity index (χ3n) is 1.51. The molecule has 8 heteroatoms. The van der Waals surface area contributed by atoms with E-state index >= 15 is 0 Å². The summed E-state index contributed by atoms with van der Waals surface area (Å²) in [7, 11) is -4.56. The Balaban J connectivity index is 3.46. The van der Waals surface area contributed by atoms with Crippen LogP contribution in [0.5, 0.6) is 0 Å². The molecule has 0 aliphatic carbocycles. The first kappa shape index (κ1) is 10.9. The molecule has 0 bridgehead atoms. The van der Waals surface area contributed by atoms with E-state index in [1.165, 1.54) is 6.07 Å². The van der Waals surface area contributed by atoms with Crippen LogP contribution in [0.3, 0.4) is 0 Å². The third-order valence-corrected chi connectivity index (χ3v) is 2.41. The lowest BCUT2D eigenvalue weighted by atomic mass is 10.3. The van der Waals surface area contributed by atoms with E-state index in [4.69, 9.17) is 15.5 Å². The minimum absolute atomic E-state index is 0.0580. The summed E-state index contributed by atoms with van der Waals surface area (Å²) < 4.78 is 30.2. The predicted molar refractivity (Wildman–Crippen MR) is 46.4 cm³/mol. The van der Waals surface area contributed by atoms with Gasteiger partial charge in [0.05, 0.1) is 0 Å². The molecule has 7 nitrogen and oxygen atoms in total. The zero-order chi connectivity index (χ0) is 10.9. The molecule has 0 aliphatic rings. The van der Waals surface area contributed by atoms with Crippen molar-refractivity contribution in [1.82, 2.24) is 0 Å². The molecule has 0 saturated carbocycles. The summed E-state index contributed by atoms with van der Waals surface area (Å²) in [6.45, 7) is 0. The second kappa shape index (κ2) is 3.52. The van der Waals surface area contributed by atoms with Crippen molar-refractivity contribution in [3.8, 4) is 0 Å². The fourth-order valence-corrected chi connectivity index (χ4v) is 1.65. The quantitative estimate of drug-likeness (QED) is 0.285. The van der Waals surface area contributed by atoms with Crippen molar-refractivity contribution >= 4 is 21.5 Å². The molecule has 0 spiro atoms. The normalized spacial score (nSPS) is 13.9. The minimum atomic E-state index is -4.56. The van der Waals surface area contributed by atoms with Crippen LogP contribution in [0.1, 0.15) is 0 Å². The number of rotatable bonds is 2. The summed E-state index contributed by atoms with van der Waals surface area (Å²) in [6, 6.07) is 3.14. The van der Waals surface area contributed by atoms with Gasteiger partial charge in [-0.2, -0.15) is 13.6 Å². The molecule has 0 aromatic heterocycles. The summed E-state index contributed by atoms with van der Waals surface area (Å²) >= 11 is 0. The molecular formula is C6H8N2O5S. The Labute approximate surface area is 79.7 Å². The summed E-state index contributed by atoms with van der Waals surface area (Å²) in [4.78, 5) is -0.704. The van der Waals surface area contributed by atoms with Crippen molar-refractivity contribution < 1.29 is 23.4 Å². The fourth-order valence-electron chi connectivity index (χ4n) is 0.929. The van der Waals surface area contributed by atoms with Gasteiger partial charge in [-0.25, -0.2) is 5.21 Å². The van der Waals surface area contributed by atoms with E-state index in [1.807, 2.05) is 0 Å². The first-order chi connectivity index (χ1) is 6.32. The molecule has 14 heavy (non-hydrogen) atoms. The standard InChI is InChI=1S/C6H8N2O5S/c7-4-1-2-5(8(9)10)6(3-4)14(11,12)13/h1-3,8-9H,7H2,(H,11,12,13). The van der Waals surface area contributed by atoms with E-state index in [0.29, 0.717) is 0 Å². The topological polar surface area (TPSA) is 128 Å². The van der Waals surface area contributed by atoms with Crippen LogP contribution in [-0.2, 0) is 10.1 Å². The highest BCUT2D eigenvalue weighted by molar-refractivity contribution is 7.86. The largest absolute Gasteiger partial charge is 0.595 e. The number of nitrogen functional groups attached to an aromatic ring is 1. The van der Waals surface area contributed by atoms with Gasteiger partial charge in [-0.05, 0) is 12.1 Å². The van der Waals surface area contributed by atoms with Gasteiger partial charge in [0.2, 0.25) is 0 Å². The molecule has 1 aromatic rings. The molecule has 1 rings (SSSR count).